The number of nitrogens with zero attached hydrogens (tertiary/aromatic N) is 2. The molecule has 196 valence electrons. The van der Waals surface area contributed by atoms with Crippen molar-refractivity contribution in [2.24, 2.45) is 5.92 Å². The summed E-state index contributed by atoms with van der Waals surface area (Å²) in [6.07, 6.45) is 0. The lowest BCUT2D eigenvalue weighted by atomic mass is 9.96. The number of hydrogen-bond donors (Lipinski definition) is 1. The maximum absolute atomic E-state index is 12.8. The monoisotopic (exact) mass is 521 g/mol. The number of piperazine rings is 1. The number of benzene rings is 3. The van der Waals surface area contributed by atoms with Crippen molar-refractivity contribution in [3.8, 4) is 5.75 Å². The minimum atomic E-state index is -3.56. The smallest absolute Gasteiger partial charge is 0.260 e. The molecule has 1 aliphatic rings. The molecule has 0 aromatic heterocycles. The normalized spacial score (nSPS) is 14.8. The first-order valence-electron chi connectivity index (χ1n) is 12.7. The number of rotatable bonds is 10. The molecule has 0 bridgehead atoms. The van der Waals surface area contributed by atoms with E-state index in [0.29, 0.717) is 25.4 Å². The van der Waals surface area contributed by atoms with Crippen molar-refractivity contribution in [3.05, 3.63) is 96.1 Å². The molecule has 1 fully saturated rings. The van der Waals surface area contributed by atoms with Crippen LogP contribution in [0.2, 0.25) is 0 Å². The molecule has 0 atom stereocenters. The molecular formula is C29H35N3O4S. The predicted octanol–water partition coefficient (Wildman–Crippen LogP) is 3.93. The summed E-state index contributed by atoms with van der Waals surface area (Å²) in [5.41, 5.74) is 2.48. The van der Waals surface area contributed by atoms with Crippen molar-refractivity contribution in [2.75, 3.05) is 39.3 Å². The standard InChI is InChI=1S/C29H35N3O4S/c1-23(2)21-30-37(34,35)27-15-13-26(14-16-27)36-22-28(33)31-17-19-32(20-18-31)29(24-9-5-3-6-10-24)25-11-7-4-8-12-25/h3-16,23,29-30H,17-22H2,1-2H3. The lowest BCUT2D eigenvalue weighted by Crippen LogP contribution is -2.51. The second-order valence-electron chi connectivity index (χ2n) is 9.65. The number of amides is 1. The molecule has 3 aromatic carbocycles. The van der Waals surface area contributed by atoms with E-state index in [1.54, 1.807) is 12.1 Å². The lowest BCUT2D eigenvalue weighted by molar-refractivity contribution is -0.135. The molecule has 0 unspecified atom stereocenters. The van der Waals surface area contributed by atoms with Crippen LogP contribution in [-0.4, -0.2) is 63.5 Å². The van der Waals surface area contributed by atoms with Gasteiger partial charge in [-0.3, -0.25) is 9.69 Å². The second-order valence-corrected chi connectivity index (χ2v) is 11.4. The van der Waals surface area contributed by atoms with Gasteiger partial charge in [0.2, 0.25) is 10.0 Å². The first-order valence-corrected chi connectivity index (χ1v) is 14.2. The number of ether oxygens (including phenoxy) is 1. The van der Waals surface area contributed by atoms with E-state index in [2.05, 4.69) is 58.2 Å². The molecule has 37 heavy (non-hydrogen) atoms. The van der Waals surface area contributed by atoms with Gasteiger partial charge in [0.25, 0.3) is 5.91 Å². The summed E-state index contributed by atoms with van der Waals surface area (Å²) in [6, 6.07) is 27.2. The van der Waals surface area contributed by atoms with Crippen molar-refractivity contribution in [3.63, 3.8) is 0 Å². The van der Waals surface area contributed by atoms with Gasteiger partial charge in [0, 0.05) is 32.7 Å². The van der Waals surface area contributed by atoms with Crippen LogP contribution in [0.15, 0.2) is 89.8 Å². The number of sulfonamides is 1. The largest absolute Gasteiger partial charge is 0.484 e. The van der Waals surface area contributed by atoms with Gasteiger partial charge in [-0.15, -0.1) is 0 Å². The first-order chi connectivity index (χ1) is 17.8. The van der Waals surface area contributed by atoms with Crippen LogP contribution in [0.25, 0.3) is 0 Å². The van der Waals surface area contributed by atoms with Crippen molar-refractivity contribution in [2.45, 2.75) is 24.8 Å². The molecule has 4 rings (SSSR count). The SMILES string of the molecule is CC(C)CNS(=O)(=O)c1ccc(OCC(=O)N2CCN(C(c3ccccc3)c3ccccc3)CC2)cc1. The van der Waals surface area contributed by atoms with Gasteiger partial charge in [0.15, 0.2) is 6.61 Å². The van der Waals surface area contributed by atoms with Gasteiger partial charge in [-0.05, 0) is 41.3 Å². The number of hydrogen-bond acceptors (Lipinski definition) is 5. The van der Waals surface area contributed by atoms with Crippen molar-refractivity contribution < 1.29 is 17.9 Å². The van der Waals surface area contributed by atoms with E-state index in [1.807, 2.05) is 30.9 Å². The molecule has 7 nitrogen and oxygen atoms in total. The summed E-state index contributed by atoms with van der Waals surface area (Å²) in [5, 5.41) is 0. The van der Waals surface area contributed by atoms with Gasteiger partial charge in [-0.2, -0.15) is 0 Å². The van der Waals surface area contributed by atoms with Crippen LogP contribution in [0.3, 0.4) is 0 Å². The molecular weight excluding hydrogens is 486 g/mol. The van der Waals surface area contributed by atoms with Gasteiger partial charge in [0.1, 0.15) is 5.75 Å². The Morgan fingerprint density at radius 2 is 1.38 bits per heavy atom. The van der Waals surface area contributed by atoms with Gasteiger partial charge >= 0.3 is 0 Å². The van der Waals surface area contributed by atoms with E-state index in [4.69, 9.17) is 4.74 Å². The zero-order valence-electron chi connectivity index (χ0n) is 21.4. The summed E-state index contributed by atoms with van der Waals surface area (Å²) in [4.78, 5) is 17.3. The predicted molar refractivity (Wildman–Crippen MR) is 145 cm³/mol. The Hall–Kier alpha value is -3.20. The van der Waals surface area contributed by atoms with Crippen molar-refractivity contribution in [1.82, 2.24) is 14.5 Å². The van der Waals surface area contributed by atoms with E-state index in [1.165, 1.54) is 23.3 Å². The molecule has 0 spiro atoms. The van der Waals surface area contributed by atoms with E-state index in [0.717, 1.165) is 13.1 Å². The fraction of sp³-hybridized carbons (Fsp3) is 0.345. The Kier molecular flexibility index (Phi) is 8.97. The quantitative estimate of drug-likeness (QED) is 0.437. The van der Waals surface area contributed by atoms with E-state index in [-0.39, 0.29) is 29.4 Å². The summed E-state index contributed by atoms with van der Waals surface area (Å²) in [7, 11) is -3.56. The van der Waals surface area contributed by atoms with Crippen molar-refractivity contribution >= 4 is 15.9 Å². The molecule has 1 saturated heterocycles. The van der Waals surface area contributed by atoms with Crippen LogP contribution in [0.4, 0.5) is 0 Å². The van der Waals surface area contributed by atoms with Gasteiger partial charge in [-0.1, -0.05) is 74.5 Å². The Morgan fingerprint density at radius 1 is 0.838 bits per heavy atom. The van der Waals surface area contributed by atoms with Crippen LogP contribution >= 0.6 is 0 Å². The highest BCUT2D eigenvalue weighted by Crippen LogP contribution is 2.29. The molecule has 0 saturated carbocycles. The molecule has 1 aliphatic heterocycles. The first kappa shape index (κ1) is 26.9. The second kappa shape index (κ2) is 12.4. The fourth-order valence-electron chi connectivity index (χ4n) is 4.43. The molecule has 0 radical (unpaired) electrons. The zero-order chi connectivity index (χ0) is 26.3. The minimum Gasteiger partial charge on any atom is -0.484 e. The van der Waals surface area contributed by atoms with Crippen LogP contribution in [0.1, 0.15) is 31.0 Å². The lowest BCUT2D eigenvalue weighted by Gasteiger charge is -2.39. The Bertz CT molecular complexity index is 1200. The van der Waals surface area contributed by atoms with E-state index in [9.17, 15) is 13.2 Å². The van der Waals surface area contributed by atoms with Crippen LogP contribution in [0.5, 0.6) is 5.75 Å². The van der Waals surface area contributed by atoms with E-state index >= 15 is 0 Å². The maximum Gasteiger partial charge on any atom is 0.260 e. The number of carbonyl (C=O) groups excluding carboxylic acids is 1. The van der Waals surface area contributed by atoms with E-state index < -0.39 is 10.0 Å². The number of carbonyl (C=O) groups is 1. The third-order valence-corrected chi connectivity index (χ3v) is 7.88. The highest BCUT2D eigenvalue weighted by atomic mass is 32.2. The summed E-state index contributed by atoms with van der Waals surface area (Å²) < 4.78 is 33.0. The summed E-state index contributed by atoms with van der Waals surface area (Å²) in [6.45, 7) is 6.95. The molecule has 8 heteroatoms. The van der Waals surface area contributed by atoms with Gasteiger partial charge in [0.05, 0.1) is 10.9 Å². The minimum absolute atomic E-state index is 0.0779. The maximum atomic E-state index is 12.8. The Labute approximate surface area is 220 Å². The van der Waals surface area contributed by atoms with Crippen molar-refractivity contribution in [1.29, 1.82) is 0 Å². The highest BCUT2D eigenvalue weighted by molar-refractivity contribution is 7.89. The molecule has 1 N–H and O–H groups in total. The van der Waals surface area contributed by atoms with Gasteiger partial charge < -0.3 is 9.64 Å². The fourth-order valence-corrected chi connectivity index (χ4v) is 5.64. The molecule has 0 aliphatic carbocycles. The molecule has 1 amide bonds. The average Bonchev–Trinajstić information content (AvgIpc) is 2.93. The highest BCUT2D eigenvalue weighted by Gasteiger charge is 2.28. The number of nitrogens with one attached hydrogen (secondary N) is 1. The molecule has 3 aromatic rings. The summed E-state index contributed by atoms with van der Waals surface area (Å²) in [5.74, 6) is 0.599. The summed E-state index contributed by atoms with van der Waals surface area (Å²) >= 11 is 0. The van der Waals surface area contributed by atoms with Crippen LogP contribution in [0, 0.1) is 5.92 Å². The Balaban J connectivity index is 1.31. The molecule has 1 heterocycles. The topological polar surface area (TPSA) is 78.9 Å². The average molecular weight is 522 g/mol. The zero-order valence-corrected chi connectivity index (χ0v) is 22.2. The Morgan fingerprint density at radius 3 is 1.89 bits per heavy atom. The third kappa shape index (κ3) is 7.19. The van der Waals surface area contributed by atoms with Gasteiger partial charge in [-0.25, -0.2) is 13.1 Å². The van der Waals surface area contributed by atoms with Crippen LogP contribution < -0.4 is 9.46 Å². The third-order valence-electron chi connectivity index (χ3n) is 6.44. The van der Waals surface area contributed by atoms with Crippen LogP contribution in [-0.2, 0) is 14.8 Å².